The van der Waals surface area contributed by atoms with Gasteiger partial charge in [-0.1, -0.05) is 158 Å². The van der Waals surface area contributed by atoms with Gasteiger partial charge < -0.3 is 0 Å². The minimum absolute atomic E-state index is 1.14. The molecule has 45 heavy (non-hydrogen) atoms. The molecule has 0 fully saturated rings. The Morgan fingerprint density at radius 2 is 1.00 bits per heavy atom. The summed E-state index contributed by atoms with van der Waals surface area (Å²) in [6.07, 6.45) is 7.66. The smallest absolute Gasteiger partial charge is 0.112 e. The van der Waals surface area contributed by atoms with E-state index in [1.807, 2.05) is 0 Å². The van der Waals surface area contributed by atoms with E-state index in [1.54, 1.807) is 0 Å². The van der Waals surface area contributed by atoms with Gasteiger partial charge in [-0.3, -0.25) is 0 Å². The molecule has 0 saturated carbocycles. The number of aryl methyl sites for hydroxylation is 2. The third kappa shape index (κ3) is 7.71. The Balaban J connectivity index is 1.71. The fourth-order valence-electron chi connectivity index (χ4n) is 5.51. The van der Waals surface area contributed by atoms with Gasteiger partial charge in [-0.15, -0.1) is 12.0 Å². The van der Waals surface area contributed by atoms with E-state index in [0.717, 1.165) is 5.56 Å². The van der Waals surface area contributed by atoms with Crippen molar-refractivity contribution in [3.63, 3.8) is 0 Å². The lowest BCUT2D eigenvalue weighted by molar-refractivity contribution is 1.44. The average Bonchev–Trinajstić information content (AvgIpc) is 3.07. The molecule has 5 rings (SSSR count). The summed E-state index contributed by atoms with van der Waals surface area (Å²) in [6.45, 7) is 8.83. The first-order chi connectivity index (χ1) is 21.9. The van der Waals surface area contributed by atoms with Gasteiger partial charge in [0.05, 0.1) is 0 Å². The van der Waals surface area contributed by atoms with Gasteiger partial charge in [0, 0.05) is 0 Å². The molecular weight excluding hydrogens is 557 g/mol. The molecule has 0 bridgehead atoms. The molecule has 0 aliphatic heterocycles. The van der Waals surface area contributed by atoms with Crippen molar-refractivity contribution in [2.75, 3.05) is 0 Å². The zero-order valence-corrected chi connectivity index (χ0v) is 27.4. The van der Waals surface area contributed by atoms with Crippen molar-refractivity contribution in [3.05, 3.63) is 178 Å². The van der Waals surface area contributed by atoms with Crippen molar-refractivity contribution in [2.24, 2.45) is 0 Å². The molecule has 0 N–H and O–H groups in total. The molecule has 0 spiro atoms. The van der Waals surface area contributed by atoms with Crippen LogP contribution in [-0.2, 0) is 0 Å². The molecule has 0 nitrogen and oxygen atoms in total. The summed E-state index contributed by atoms with van der Waals surface area (Å²) in [5, 5.41) is 1.27. The van der Waals surface area contributed by atoms with E-state index in [-0.39, 0.29) is 0 Å². The molecule has 5 aromatic carbocycles. The Kier molecular flexibility index (Phi) is 9.82. The second-order valence-electron chi connectivity index (χ2n) is 11.7. The Morgan fingerprint density at radius 1 is 0.533 bits per heavy atom. The van der Waals surface area contributed by atoms with Crippen LogP contribution in [0.1, 0.15) is 44.5 Å². The Morgan fingerprint density at radius 3 is 1.56 bits per heavy atom. The summed E-state index contributed by atoms with van der Waals surface area (Å²) in [7, 11) is -2.39. The van der Waals surface area contributed by atoms with Crippen molar-refractivity contribution < 1.29 is 0 Å². The summed E-state index contributed by atoms with van der Waals surface area (Å²) in [5.74, 6) is 11.0. The molecule has 0 radical (unpaired) electrons. The van der Waals surface area contributed by atoms with Gasteiger partial charge in [-0.25, -0.2) is 0 Å². The van der Waals surface area contributed by atoms with Crippen LogP contribution < -0.4 is 0 Å². The molecule has 0 aliphatic carbocycles. The molecule has 5 aromatic rings. The van der Waals surface area contributed by atoms with Crippen LogP contribution in [0.3, 0.4) is 0 Å². The molecule has 1 heteroatoms. The van der Waals surface area contributed by atoms with E-state index in [1.165, 1.54) is 55.3 Å². The van der Waals surface area contributed by atoms with Crippen LogP contribution in [0.15, 0.2) is 133 Å². The second kappa shape index (κ2) is 14.3. The minimum Gasteiger partial charge on any atom is -0.112 e. The lowest BCUT2D eigenvalue weighted by Gasteiger charge is -2.26. The first kappa shape index (κ1) is 30.9. The van der Waals surface area contributed by atoms with Gasteiger partial charge in [-0.05, 0) is 93.3 Å². The van der Waals surface area contributed by atoms with Gasteiger partial charge in [0.1, 0.15) is 0 Å². The van der Waals surface area contributed by atoms with Gasteiger partial charge >= 0.3 is 0 Å². The molecule has 216 valence electrons. The maximum Gasteiger partial charge on any atom is 0.165 e. The number of hydrogen-bond acceptors (Lipinski definition) is 0. The molecule has 0 saturated heterocycles. The maximum atomic E-state index is 5.38. The topological polar surface area (TPSA) is 0 Å². The highest BCUT2D eigenvalue weighted by molar-refractivity contribution is 7.02. The zero-order chi connectivity index (χ0) is 31.6. The third-order valence-electron chi connectivity index (χ3n) is 7.81. The minimum atomic E-state index is -2.39. The lowest BCUT2D eigenvalue weighted by Crippen LogP contribution is -2.28. The predicted molar refractivity (Wildman–Crippen MR) is 196 cm³/mol. The summed E-state index contributed by atoms with van der Waals surface area (Å²) < 4.78 is 0. The maximum absolute atomic E-state index is 5.38. The highest BCUT2D eigenvalue weighted by Crippen LogP contribution is 2.38. The van der Waals surface area contributed by atoms with Crippen LogP contribution in [0, 0.1) is 49.5 Å². The van der Waals surface area contributed by atoms with E-state index < -0.39 is 8.07 Å². The van der Waals surface area contributed by atoms with Gasteiger partial charge in [0.2, 0.25) is 0 Å². The standard InChI is InChI=1S/C44H36Si/c1-6-7-8-15-32-45(4,5)44(43(39-18-13-10-14-19-39)40-28-22-35(3)23-29-40)41-30-24-36(25-31-41)33-42(37-16-11-9-12-17-37)38-26-20-34(2)21-27-38/h1,9-14,16-31,33H,2-5H3/b42-33+,44-43-. The Hall–Kier alpha value is -5.52. The van der Waals surface area contributed by atoms with E-state index in [0.29, 0.717) is 0 Å². The molecule has 0 amide bonds. The van der Waals surface area contributed by atoms with Crippen molar-refractivity contribution in [1.29, 1.82) is 0 Å². The van der Waals surface area contributed by atoms with Crippen LogP contribution in [-0.4, -0.2) is 8.07 Å². The van der Waals surface area contributed by atoms with E-state index in [9.17, 15) is 0 Å². The number of hydrogen-bond donors (Lipinski definition) is 0. The average molecular weight is 593 g/mol. The lowest BCUT2D eigenvalue weighted by atomic mass is 9.93. The predicted octanol–water partition coefficient (Wildman–Crippen LogP) is 10.3. The number of benzene rings is 5. The van der Waals surface area contributed by atoms with Crippen molar-refractivity contribution >= 4 is 30.5 Å². The normalized spacial score (nSPS) is 11.7. The van der Waals surface area contributed by atoms with Crippen molar-refractivity contribution in [1.82, 2.24) is 0 Å². The van der Waals surface area contributed by atoms with Crippen molar-refractivity contribution in [3.8, 4) is 35.6 Å². The summed E-state index contributed by atoms with van der Waals surface area (Å²) >= 11 is 0. The first-order valence-corrected chi connectivity index (χ1v) is 18.2. The van der Waals surface area contributed by atoms with E-state index in [2.05, 4.69) is 196 Å². The highest BCUT2D eigenvalue weighted by atomic mass is 28.3. The van der Waals surface area contributed by atoms with Crippen LogP contribution >= 0.6 is 0 Å². The highest BCUT2D eigenvalue weighted by Gasteiger charge is 2.30. The molecular formula is C44H36Si. The summed E-state index contributed by atoms with van der Waals surface area (Å²) in [6, 6.07) is 47.7. The van der Waals surface area contributed by atoms with Crippen LogP contribution in [0.25, 0.3) is 22.4 Å². The SMILES string of the molecule is C#CC#CC#C[Si](C)(C)/C(=C(/c1ccccc1)c1ccc(C)cc1)c1ccc(/C=C(\c2ccccc2)c2ccc(C)cc2)cc1. The van der Waals surface area contributed by atoms with E-state index >= 15 is 0 Å². The Labute approximate surface area is 270 Å². The van der Waals surface area contributed by atoms with Gasteiger partial charge in [0.15, 0.2) is 8.07 Å². The third-order valence-corrected chi connectivity index (χ3v) is 10.3. The second-order valence-corrected chi connectivity index (χ2v) is 15.7. The van der Waals surface area contributed by atoms with Gasteiger partial charge in [-0.2, -0.15) is 0 Å². The molecule has 0 atom stereocenters. The monoisotopic (exact) mass is 592 g/mol. The van der Waals surface area contributed by atoms with E-state index in [4.69, 9.17) is 6.42 Å². The van der Waals surface area contributed by atoms with Crippen LogP contribution in [0.4, 0.5) is 0 Å². The first-order valence-electron chi connectivity index (χ1n) is 15.2. The Bertz CT molecular complexity index is 1990. The van der Waals surface area contributed by atoms with Gasteiger partial charge in [0.25, 0.3) is 0 Å². The number of terminal acetylenes is 1. The molecule has 0 aromatic heterocycles. The quantitative estimate of drug-likeness (QED) is 0.100. The summed E-state index contributed by atoms with van der Waals surface area (Å²) in [4.78, 5) is 0. The zero-order valence-electron chi connectivity index (χ0n) is 26.4. The fraction of sp³-hybridized carbons (Fsp3) is 0.0909. The molecule has 0 aliphatic rings. The molecule has 0 unspecified atom stereocenters. The summed E-state index contributed by atoms with van der Waals surface area (Å²) in [5.41, 5.74) is 15.5. The fourth-order valence-corrected chi connectivity index (χ4v) is 7.81. The van der Waals surface area contributed by atoms with Crippen LogP contribution in [0.2, 0.25) is 13.1 Å². The largest absolute Gasteiger partial charge is 0.165 e. The molecule has 0 heterocycles. The number of rotatable bonds is 7. The van der Waals surface area contributed by atoms with Crippen LogP contribution in [0.5, 0.6) is 0 Å². The van der Waals surface area contributed by atoms with Crippen molar-refractivity contribution in [2.45, 2.75) is 26.9 Å².